The highest BCUT2D eigenvalue weighted by atomic mass is 19.1. The summed E-state index contributed by atoms with van der Waals surface area (Å²) in [6, 6.07) is 9.51. The molecular formula is C27H41F. The van der Waals surface area contributed by atoms with Gasteiger partial charge in [-0.25, -0.2) is 0 Å². The van der Waals surface area contributed by atoms with Crippen LogP contribution in [-0.4, -0.2) is 6.67 Å². The quantitative estimate of drug-likeness (QED) is 0.375. The Kier molecular flexibility index (Phi) is 9.09. The van der Waals surface area contributed by atoms with E-state index in [0.717, 1.165) is 23.7 Å². The second-order valence-electron chi connectivity index (χ2n) is 9.47. The first-order valence-electron chi connectivity index (χ1n) is 12.1. The summed E-state index contributed by atoms with van der Waals surface area (Å²) in [5.41, 5.74) is 3.07. The summed E-state index contributed by atoms with van der Waals surface area (Å²) in [7, 11) is 0. The van der Waals surface area contributed by atoms with Crippen molar-refractivity contribution in [3.63, 3.8) is 0 Å². The third-order valence-electron chi connectivity index (χ3n) is 7.40. The van der Waals surface area contributed by atoms with Crippen LogP contribution in [0.2, 0.25) is 0 Å². The van der Waals surface area contributed by atoms with Crippen LogP contribution in [0.15, 0.2) is 36.4 Å². The molecule has 0 unspecified atom stereocenters. The Labute approximate surface area is 173 Å². The first-order chi connectivity index (χ1) is 13.8. The van der Waals surface area contributed by atoms with Crippen LogP contribution in [0.5, 0.6) is 0 Å². The second kappa shape index (κ2) is 11.8. The smallest absolute Gasteiger partial charge is 0.0928 e. The zero-order valence-electron chi connectivity index (χ0n) is 18.1. The van der Waals surface area contributed by atoms with Crippen molar-refractivity contribution in [1.29, 1.82) is 0 Å². The number of hydrogen-bond donors (Lipinski definition) is 0. The van der Waals surface area contributed by atoms with Gasteiger partial charge in [-0.1, -0.05) is 62.6 Å². The number of alkyl halides is 1. The van der Waals surface area contributed by atoms with Gasteiger partial charge in [-0.05, 0) is 99.0 Å². The van der Waals surface area contributed by atoms with E-state index in [1.54, 1.807) is 5.56 Å². The van der Waals surface area contributed by atoms with Crippen molar-refractivity contribution < 1.29 is 4.39 Å². The van der Waals surface area contributed by atoms with Gasteiger partial charge in [0.25, 0.3) is 0 Å². The van der Waals surface area contributed by atoms with E-state index < -0.39 is 0 Å². The summed E-state index contributed by atoms with van der Waals surface area (Å²) in [6.45, 7) is 2.05. The van der Waals surface area contributed by atoms with Crippen molar-refractivity contribution in [2.75, 3.05) is 6.67 Å². The van der Waals surface area contributed by atoms with Gasteiger partial charge >= 0.3 is 0 Å². The lowest BCUT2D eigenvalue weighted by Crippen LogP contribution is -2.17. The molecule has 2 aliphatic carbocycles. The molecule has 2 fully saturated rings. The van der Waals surface area contributed by atoms with Crippen molar-refractivity contribution in [3.05, 3.63) is 47.5 Å². The molecule has 0 atom stereocenters. The SMILES string of the molecule is CCCc1ccc(C2CCC(CCC3CCC(/C=C/CCF)CC3)CC2)cc1. The summed E-state index contributed by atoms with van der Waals surface area (Å²) in [6.07, 6.45) is 21.4. The molecule has 0 saturated heterocycles. The summed E-state index contributed by atoms with van der Waals surface area (Å²) >= 11 is 0. The van der Waals surface area contributed by atoms with Crippen LogP contribution in [-0.2, 0) is 6.42 Å². The van der Waals surface area contributed by atoms with Crippen molar-refractivity contribution in [1.82, 2.24) is 0 Å². The highest BCUT2D eigenvalue weighted by Crippen LogP contribution is 2.40. The molecular weight excluding hydrogens is 343 g/mol. The van der Waals surface area contributed by atoms with Gasteiger partial charge in [-0.3, -0.25) is 4.39 Å². The topological polar surface area (TPSA) is 0 Å². The number of allylic oxidation sites excluding steroid dienone is 2. The Hall–Kier alpha value is -1.11. The van der Waals surface area contributed by atoms with Crippen LogP contribution in [0.25, 0.3) is 0 Å². The number of aryl methyl sites for hydroxylation is 1. The predicted molar refractivity (Wildman–Crippen MR) is 120 cm³/mol. The van der Waals surface area contributed by atoms with Crippen molar-refractivity contribution in [2.45, 2.75) is 96.3 Å². The van der Waals surface area contributed by atoms with Crippen LogP contribution in [0.4, 0.5) is 4.39 Å². The highest BCUT2D eigenvalue weighted by Gasteiger charge is 2.24. The lowest BCUT2D eigenvalue weighted by Gasteiger charge is -2.31. The molecule has 0 heterocycles. The molecule has 1 aromatic carbocycles. The minimum absolute atomic E-state index is 0.210. The van der Waals surface area contributed by atoms with Gasteiger partial charge in [0.15, 0.2) is 0 Å². The van der Waals surface area contributed by atoms with E-state index in [0.29, 0.717) is 6.42 Å². The molecule has 2 saturated carbocycles. The molecule has 28 heavy (non-hydrogen) atoms. The van der Waals surface area contributed by atoms with E-state index in [1.165, 1.54) is 82.6 Å². The Bertz CT molecular complexity index is 556. The molecule has 0 aromatic heterocycles. The minimum Gasteiger partial charge on any atom is -0.251 e. The van der Waals surface area contributed by atoms with Crippen LogP contribution < -0.4 is 0 Å². The fourth-order valence-corrected chi connectivity index (χ4v) is 5.52. The van der Waals surface area contributed by atoms with Crippen LogP contribution >= 0.6 is 0 Å². The minimum atomic E-state index is -0.210. The average molecular weight is 385 g/mol. The average Bonchev–Trinajstić information content (AvgIpc) is 2.75. The number of benzene rings is 1. The van der Waals surface area contributed by atoms with Crippen LogP contribution in [0.1, 0.15) is 101 Å². The van der Waals surface area contributed by atoms with Gasteiger partial charge < -0.3 is 0 Å². The Balaban J connectivity index is 1.33. The summed E-state index contributed by atoms with van der Waals surface area (Å²) in [4.78, 5) is 0. The van der Waals surface area contributed by atoms with Gasteiger partial charge in [0, 0.05) is 0 Å². The normalized spacial score (nSPS) is 28.6. The third kappa shape index (κ3) is 6.75. The van der Waals surface area contributed by atoms with Crippen molar-refractivity contribution >= 4 is 0 Å². The Morgan fingerprint density at radius 1 is 0.857 bits per heavy atom. The number of halogens is 1. The zero-order valence-corrected chi connectivity index (χ0v) is 18.1. The van der Waals surface area contributed by atoms with Crippen LogP contribution in [0, 0.1) is 17.8 Å². The molecule has 0 nitrogen and oxygen atoms in total. The molecule has 156 valence electrons. The molecule has 0 aliphatic heterocycles. The summed E-state index contributed by atoms with van der Waals surface area (Å²) in [5.74, 6) is 3.45. The molecule has 0 N–H and O–H groups in total. The molecule has 0 spiro atoms. The summed E-state index contributed by atoms with van der Waals surface area (Å²) in [5, 5.41) is 0. The van der Waals surface area contributed by atoms with Gasteiger partial charge in [0.05, 0.1) is 6.67 Å². The Morgan fingerprint density at radius 2 is 1.46 bits per heavy atom. The molecule has 1 heteroatoms. The molecule has 2 aliphatic rings. The van der Waals surface area contributed by atoms with Crippen molar-refractivity contribution in [2.24, 2.45) is 17.8 Å². The van der Waals surface area contributed by atoms with Gasteiger partial charge in [-0.15, -0.1) is 0 Å². The number of rotatable bonds is 9. The fourth-order valence-electron chi connectivity index (χ4n) is 5.52. The maximum Gasteiger partial charge on any atom is 0.0928 e. The fraction of sp³-hybridized carbons (Fsp3) is 0.704. The monoisotopic (exact) mass is 384 g/mol. The van der Waals surface area contributed by atoms with Gasteiger partial charge in [0.1, 0.15) is 0 Å². The Morgan fingerprint density at radius 3 is 2.04 bits per heavy atom. The van der Waals surface area contributed by atoms with E-state index in [-0.39, 0.29) is 6.67 Å². The maximum absolute atomic E-state index is 12.2. The van der Waals surface area contributed by atoms with E-state index >= 15 is 0 Å². The zero-order chi connectivity index (χ0) is 19.6. The lowest BCUT2D eigenvalue weighted by molar-refractivity contribution is 0.246. The first-order valence-corrected chi connectivity index (χ1v) is 12.1. The second-order valence-corrected chi connectivity index (χ2v) is 9.47. The third-order valence-corrected chi connectivity index (χ3v) is 7.40. The van der Waals surface area contributed by atoms with Crippen molar-refractivity contribution in [3.8, 4) is 0 Å². The van der Waals surface area contributed by atoms with E-state index in [1.807, 2.05) is 0 Å². The molecule has 1 aromatic rings. The lowest BCUT2D eigenvalue weighted by atomic mass is 9.74. The number of hydrogen-bond acceptors (Lipinski definition) is 0. The van der Waals surface area contributed by atoms with Crippen LogP contribution in [0.3, 0.4) is 0 Å². The van der Waals surface area contributed by atoms with E-state index in [4.69, 9.17) is 0 Å². The molecule has 3 rings (SSSR count). The standard InChI is InChI=1S/C27H41F/c1-2-5-22-13-17-26(18-14-22)27-19-15-25(16-20-27)12-11-24-9-7-23(8-10-24)6-3-4-21-28/h3,6,13-14,17-18,23-25,27H,2,4-5,7-12,15-16,19-21H2,1H3/b6-3+. The molecule has 0 bridgehead atoms. The van der Waals surface area contributed by atoms with E-state index in [9.17, 15) is 4.39 Å². The van der Waals surface area contributed by atoms with Gasteiger partial charge in [0.2, 0.25) is 0 Å². The largest absolute Gasteiger partial charge is 0.251 e. The predicted octanol–water partition coefficient (Wildman–Crippen LogP) is 8.42. The molecule has 0 radical (unpaired) electrons. The summed E-state index contributed by atoms with van der Waals surface area (Å²) < 4.78 is 12.2. The maximum atomic E-state index is 12.2. The highest BCUT2D eigenvalue weighted by molar-refractivity contribution is 5.25. The first kappa shape index (κ1) is 21.6. The molecule has 0 amide bonds. The van der Waals surface area contributed by atoms with E-state index in [2.05, 4.69) is 43.3 Å². The van der Waals surface area contributed by atoms with Gasteiger partial charge in [-0.2, -0.15) is 0 Å².